The fourth-order valence-electron chi connectivity index (χ4n) is 1.10. The van der Waals surface area contributed by atoms with Crippen LogP contribution in [-0.2, 0) is 11.2 Å². The van der Waals surface area contributed by atoms with E-state index in [1.54, 1.807) is 18.2 Å². The molecule has 4 heteroatoms. The molecule has 1 rings (SSSR count). The van der Waals surface area contributed by atoms with Crippen molar-refractivity contribution in [2.75, 3.05) is 12.8 Å². The Morgan fingerprint density at radius 2 is 2.31 bits per heavy atom. The fourth-order valence-corrected chi connectivity index (χ4v) is 1.10. The number of hydrogen-bond donors (Lipinski definition) is 2. The van der Waals surface area contributed by atoms with Crippen LogP contribution in [-0.4, -0.2) is 18.2 Å². The number of nitrogen functional groups attached to an aromatic ring is 1. The lowest BCUT2D eigenvalue weighted by molar-refractivity contribution is -0.136. The maximum atomic E-state index is 10.5. The van der Waals surface area contributed by atoms with Gasteiger partial charge in [0.15, 0.2) is 0 Å². The number of aliphatic carboxylic acids is 1. The highest BCUT2D eigenvalue weighted by Crippen LogP contribution is 2.21. The summed E-state index contributed by atoms with van der Waals surface area (Å²) in [6, 6.07) is 4.94. The van der Waals surface area contributed by atoms with Crippen molar-refractivity contribution in [2.24, 2.45) is 0 Å². The van der Waals surface area contributed by atoms with Gasteiger partial charge in [0, 0.05) is 11.3 Å². The third kappa shape index (κ3) is 2.37. The van der Waals surface area contributed by atoms with E-state index in [9.17, 15) is 4.79 Å². The molecule has 4 nitrogen and oxygen atoms in total. The van der Waals surface area contributed by atoms with Gasteiger partial charge in [-0.1, -0.05) is 0 Å². The summed E-state index contributed by atoms with van der Waals surface area (Å²) in [5.74, 6) is -0.347. The predicted octanol–water partition coefficient (Wildman–Crippen LogP) is 0.904. The molecule has 1 aromatic rings. The van der Waals surface area contributed by atoms with Gasteiger partial charge in [-0.2, -0.15) is 0 Å². The largest absolute Gasteiger partial charge is 0.496 e. The highest BCUT2D eigenvalue weighted by atomic mass is 16.5. The zero-order chi connectivity index (χ0) is 9.84. The number of nitrogens with two attached hydrogens (primary N) is 1. The molecule has 0 amide bonds. The van der Waals surface area contributed by atoms with Gasteiger partial charge < -0.3 is 15.6 Å². The van der Waals surface area contributed by atoms with Gasteiger partial charge in [0.2, 0.25) is 0 Å². The lowest BCUT2D eigenvalue weighted by Crippen LogP contribution is -2.03. The van der Waals surface area contributed by atoms with Gasteiger partial charge in [-0.25, -0.2) is 0 Å². The number of rotatable bonds is 3. The van der Waals surface area contributed by atoms with Crippen LogP contribution in [0.5, 0.6) is 5.75 Å². The topological polar surface area (TPSA) is 72.5 Å². The molecule has 0 aromatic heterocycles. The summed E-state index contributed by atoms with van der Waals surface area (Å²) >= 11 is 0. The smallest absolute Gasteiger partial charge is 0.307 e. The van der Waals surface area contributed by atoms with Crippen molar-refractivity contribution in [3.05, 3.63) is 23.8 Å². The van der Waals surface area contributed by atoms with Gasteiger partial charge in [0.05, 0.1) is 13.5 Å². The molecule has 0 unspecified atom stereocenters. The van der Waals surface area contributed by atoms with E-state index < -0.39 is 5.97 Å². The van der Waals surface area contributed by atoms with Gasteiger partial charge in [-0.3, -0.25) is 4.79 Å². The zero-order valence-corrected chi connectivity index (χ0v) is 7.28. The van der Waals surface area contributed by atoms with Gasteiger partial charge in [0.1, 0.15) is 5.75 Å². The Morgan fingerprint density at radius 3 is 2.85 bits per heavy atom. The number of carboxylic acids is 1. The highest BCUT2D eigenvalue weighted by molar-refractivity contribution is 5.72. The predicted molar refractivity (Wildman–Crippen MR) is 48.7 cm³/mol. The van der Waals surface area contributed by atoms with Gasteiger partial charge in [0.25, 0.3) is 0 Å². The molecular formula is C9H11NO3. The summed E-state index contributed by atoms with van der Waals surface area (Å²) in [4.78, 5) is 10.5. The van der Waals surface area contributed by atoms with Crippen LogP contribution in [0.1, 0.15) is 5.56 Å². The Hall–Kier alpha value is -1.71. The number of carboxylic acid groups (broad SMARTS) is 1. The number of benzene rings is 1. The van der Waals surface area contributed by atoms with Crippen LogP contribution in [0.25, 0.3) is 0 Å². The Bertz CT molecular complexity index is 323. The molecule has 3 N–H and O–H groups in total. The molecule has 70 valence electrons. The van der Waals surface area contributed by atoms with E-state index in [1.807, 2.05) is 0 Å². The van der Waals surface area contributed by atoms with Crippen molar-refractivity contribution >= 4 is 11.7 Å². The van der Waals surface area contributed by atoms with E-state index in [4.69, 9.17) is 15.6 Å². The van der Waals surface area contributed by atoms with Crippen LogP contribution in [0, 0.1) is 0 Å². The lowest BCUT2D eigenvalue weighted by atomic mass is 10.1. The third-order valence-electron chi connectivity index (χ3n) is 1.65. The van der Waals surface area contributed by atoms with Crippen molar-refractivity contribution in [1.29, 1.82) is 0 Å². The zero-order valence-electron chi connectivity index (χ0n) is 7.28. The Labute approximate surface area is 75.9 Å². The SMILES string of the molecule is COc1ccc(N)cc1CC(=O)O. The number of carbonyl (C=O) groups is 1. The van der Waals surface area contributed by atoms with Gasteiger partial charge in [-0.15, -0.1) is 0 Å². The molecule has 0 aliphatic heterocycles. The van der Waals surface area contributed by atoms with E-state index in [2.05, 4.69) is 0 Å². The summed E-state index contributed by atoms with van der Waals surface area (Å²) in [5, 5.41) is 8.58. The first kappa shape index (κ1) is 9.38. The molecule has 0 aliphatic carbocycles. The maximum absolute atomic E-state index is 10.5. The third-order valence-corrected chi connectivity index (χ3v) is 1.65. The van der Waals surface area contributed by atoms with Crippen molar-refractivity contribution in [3.8, 4) is 5.75 Å². The number of hydrogen-bond acceptors (Lipinski definition) is 3. The van der Waals surface area contributed by atoms with Crippen LogP contribution < -0.4 is 10.5 Å². The van der Waals surface area contributed by atoms with Crippen molar-refractivity contribution in [2.45, 2.75) is 6.42 Å². The Balaban J connectivity index is 3.01. The molecule has 0 saturated carbocycles. The van der Waals surface area contributed by atoms with Crippen LogP contribution in [0.15, 0.2) is 18.2 Å². The lowest BCUT2D eigenvalue weighted by Gasteiger charge is -2.06. The first-order chi connectivity index (χ1) is 6.13. The standard InChI is InChI=1S/C9H11NO3/c1-13-8-3-2-7(10)4-6(8)5-9(11)12/h2-4H,5,10H2,1H3,(H,11,12). The summed E-state index contributed by atoms with van der Waals surface area (Å²) in [6.45, 7) is 0. The molecule has 0 heterocycles. The minimum Gasteiger partial charge on any atom is -0.496 e. The number of methoxy groups -OCH3 is 1. The van der Waals surface area contributed by atoms with Gasteiger partial charge in [-0.05, 0) is 18.2 Å². The highest BCUT2D eigenvalue weighted by Gasteiger charge is 2.07. The molecule has 0 spiro atoms. The molecule has 1 aromatic carbocycles. The maximum Gasteiger partial charge on any atom is 0.307 e. The van der Waals surface area contributed by atoms with Crippen molar-refractivity contribution in [1.82, 2.24) is 0 Å². The van der Waals surface area contributed by atoms with E-state index >= 15 is 0 Å². The molecule has 0 radical (unpaired) electrons. The van der Waals surface area contributed by atoms with Crippen LogP contribution >= 0.6 is 0 Å². The van der Waals surface area contributed by atoms with Crippen molar-refractivity contribution < 1.29 is 14.6 Å². The quantitative estimate of drug-likeness (QED) is 0.679. The van der Waals surface area contributed by atoms with E-state index in [1.165, 1.54) is 7.11 Å². The summed E-state index contributed by atoms with van der Waals surface area (Å²) in [5.41, 5.74) is 6.64. The average molecular weight is 181 g/mol. The van der Waals surface area contributed by atoms with Gasteiger partial charge >= 0.3 is 5.97 Å². The molecule has 13 heavy (non-hydrogen) atoms. The monoisotopic (exact) mass is 181 g/mol. The van der Waals surface area contributed by atoms with Crippen LogP contribution in [0.2, 0.25) is 0 Å². The molecule has 0 aliphatic rings. The second-order valence-electron chi connectivity index (χ2n) is 2.64. The average Bonchev–Trinajstić information content (AvgIpc) is 2.03. The summed E-state index contributed by atoms with van der Waals surface area (Å²) in [6.07, 6.45) is -0.0752. The van der Waals surface area contributed by atoms with Crippen LogP contribution in [0.4, 0.5) is 5.69 Å². The molecule has 0 fully saturated rings. The first-order valence-corrected chi connectivity index (χ1v) is 3.77. The van der Waals surface area contributed by atoms with E-state index in [0.717, 1.165) is 0 Å². The second kappa shape index (κ2) is 3.80. The normalized spacial score (nSPS) is 9.62. The van der Waals surface area contributed by atoms with E-state index in [0.29, 0.717) is 17.0 Å². The summed E-state index contributed by atoms with van der Waals surface area (Å²) < 4.78 is 4.98. The molecule has 0 saturated heterocycles. The minimum absolute atomic E-state index is 0.0752. The Morgan fingerprint density at radius 1 is 1.62 bits per heavy atom. The summed E-state index contributed by atoms with van der Waals surface area (Å²) in [7, 11) is 1.50. The minimum atomic E-state index is -0.899. The Kier molecular flexibility index (Phi) is 2.74. The first-order valence-electron chi connectivity index (χ1n) is 3.77. The molecule has 0 bridgehead atoms. The number of ether oxygens (including phenoxy) is 1. The van der Waals surface area contributed by atoms with E-state index in [-0.39, 0.29) is 6.42 Å². The molecule has 0 atom stereocenters. The number of anilines is 1. The van der Waals surface area contributed by atoms with Crippen molar-refractivity contribution in [3.63, 3.8) is 0 Å². The second-order valence-corrected chi connectivity index (χ2v) is 2.64. The molecular weight excluding hydrogens is 170 g/mol. The van der Waals surface area contributed by atoms with Crippen LogP contribution in [0.3, 0.4) is 0 Å². The fraction of sp³-hybridized carbons (Fsp3) is 0.222.